The second-order valence-electron chi connectivity index (χ2n) is 6.80. The first kappa shape index (κ1) is 17.2. The van der Waals surface area contributed by atoms with Crippen LogP contribution >= 0.6 is 11.6 Å². The summed E-state index contributed by atoms with van der Waals surface area (Å²) in [7, 11) is 2.05. The topological polar surface area (TPSA) is 69.6 Å². The Hall–Kier alpha value is -2.19. The summed E-state index contributed by atoms with van der Waals surface area (Å²) in [6.45, 7) is 4.58. The molecule has 9 heteroatoms. The van der Waals surface area contributed by atoms with E-state index in [4.69, 9.17) is 11.6 Å². The number of piperidine rings is 1. The highest BCUT2D eigenvalue weighted by atomic mass is 35.5. The predicted molar refractivity (Wildman–Crippen MR) is 98.0 cm³/mol. The summed E-state index contributed by atoms with van der Waals surface area (Å²) in [4.78, 5) is 2.48. The van der Waals surface area contributed by atoms with Crippen molar-refractivity contribution in [2.45, 2.75) is 31.8 Å². The predicted octanol–water partition coefficient (Wildman–Crippen LogP) is 1.79. The van der Waals surface area contributed by atoms with Gasteiger partial charge in [0.05, 0.1) is 17.8 Å². The van der Waals surface area contributed by atoms with Crippen LogP contribution in [0.4, 0.5) is 0 Å². The van der Waals surface area contributed by atoms with Gasteiger partial charge in [-0.05, 0) is 25.5 Å². The van der Waals surface area contributed by atoms with Crippen LogP contribution in [0, 0.1) is 0 Å². The first-order valence-corrected chi connectivity index (χ1v) is 9.33. The number of hydrogen-bond donors (Lipinski definition) is 0. The normalized spacial score (nSPS) is 18.5. The van der Waals surface area contributed by atoms with Crippen LogP contribution in [0.15, 0.2) is 30.9 Å². The van der Waals surface area contributed by atoms with E-state index in [-0.39, 0.29) is 0 Å². The molecule has 8 nitrogen and oxygen atoms in total. The lowest BCUT2D eigenvalue weighted by Gasteiger charge is -2.32. The van der Waals surface area contributed by atoms with Crippen LogP contribution in [0.25, 0.3) is 0 Å². The molecule has 0 aliphatic carbocycles. The lowest BCUT2D eigenvalue weighted by atomic mass is 9.97. The SMILES string of the molecule is Cn1c(Cn2cccn2)nnc1[C@@H]1CCCN(CCn2cc(Cl)cn2)C1. The molecular weight excluding hydrogens is 352 g/mol. The highest BCUT2D eigenvalue weighted by molar-refractivity contribution is 6.30. The van der Waals surface area contributed by atoms with Crippen LogP contribution in [-0.2, 0) is 20.1 Å². The fourth-order valence-corrected chi connectivity index (χ4v) is 3.74. The number of hydrogen-bond acceptors (Lipinski definition) is 5. The largest absolute Gasteiger partial charge is 0.316 e. The Morgan fingerprint density at radius 2 is 2.12 bits per heavy atom. The molecule has 0 N–H and O–H groups in total. The van der Waals surface area contributed by atoms with Crippen molar-refractivity contribution in [2.75, 3.05) is 19.6 Å². The second kappa shape index (κ2) is 7.59. The maximum absolute atomic E-state index is 5.93. The number of nitrogens with zero attached hydrogens (tertiary/aromatic N) is 8. The fourth-order valence-electron chi connectivity index (χ4n) is 3.58. The van der Waals surface area contributed by atoms with Gasteiger partial charge >= 0.3 is 0 Å². The summed E-state index contributed by atoms with van der Waals surface area (Å²) in [5.41, 5.74) is 0. The van der Waals surface area contributed by atoms with Crippen molar-refractivity contribution in [3.63, 3.8) is 0 Å². The van der Waals surface area contributed by atoms with Gasteiger partial charge < -0.3 is 9.47 Å². The fraction of sp³-hybridized carbons (Fsp3) is 0.529. The third-order valence-electron chi connectivity index (χ3n) is 4.98. The third-order valence-corrected chi connectivity index (χ3v) is 5.17. The summed E-state index contributed by atoms with van der Waals surface area (Å²) in [6, 6.07) is 1.92. The Kier molecular flexibility index (Phi) is 5.03. The minimum absolute atomic E-state index is 0.411. The van der Waals surface area contributed by atoms with Crippen LogP contribution in [0.3, 0.4) is 0 Å². The molecule has 0 aromatic carbocycles. The zero-order chi connectivity index (χ0) is 17.9. The Labute approximate surface area is 157 Å². The Morgan fingerprint density at radius 1 is 1.19 bits per heavy atom. The van der Waals surface area contributed by atoms with Gasteiger partial charge in [0.2, 0.25) is 0 Å². The molecule has 1 aliphatic heterocycles. The third kappa shape index (κ3) is 3.81. The molecule has 0 unspecified atom stereocenters. The molecule has 0 amide bonds. The van der Waals surface area contributed by atoms with Gasteiger partial charge in [0.15, 0.2) is 5.82 Å². The van der Waals surface area contributed by atoms with Crippen molar-refractivity contribution in [3.8, 4) is 0 Å². The van der Waals surface area contributed by atoms with Crippen LogP contribution in [0.2, 0.25) is 5.02 Å². The van der Waals surface area contributed by atoms with Crippen molar-refractivity contribution < 1.29 is 0 Å². The minimum Gasteiger partial charge on any atom is -0.316 e. The summed E-state index contributed by atoms with van der Waals surface area (Å²) in [6.07, 6.45) is 9.60. The van der Waals surface area contributed by atoms with Crippen LogP contribution < -0.4 is 0 Å². The summed E-state index contributed by atoms with van der Waals surface area (Å²) >= 11 is 5.93. The van der Waals surface area contributed by atoms with E-state index in [9.17, 15) is 0 Å². The molecule has 1 fully saturated rings. The Bertz CT molecular complexity index is 837. The zero-order valence-corrected chi connectivity index (χ0v) is 15.6. The number of rotatable bonds is 6. The maximum atomic E-state index is 5.93. The van der Waals surface area contributed by atoms with Crippen molar-refractivity contribution in [1.29, 1.82) is 0 Å². The van der Waals surface area contributed by atoms with Gasteiger partial charge in [0, 0.05) is 44.6 Å². The Morgan fingerprint density at radius 3 is 2.88 bits per heavy atom. The monoisotopic (exact) mass is 374 g/mol. The number of halogens is 1. The average molecular weight is 375 g/mol. The minimum atomic E-state index is 0.411. The molecule has 1 saturated heterocycles. The summed E-state index contributed by atoms with van der Waals surface area (Å²) in [5.74, 6) is 2.42. The smallest absolute Gasteiger partial charge is 0.154 e. The van der Waals surface area contributed by atoms with Gasteiger partial charge in [-0.3, -0.25) is 9.36 Å². The van der Waals surface area contributed by atoms with E-state index in [0.717, 1.165) is 44.2 Å². The Balaban J connectivity index is 1.38. The molecule has 138 valence electrons. The van der Waals surface area contributed by atoms with Crippen LogP contribution in [0.5, 0.6) is 0 Å². The van der Waals surface area contributed by atoms with Crippen molar-refractivity contribution in [1.82, 2.24) is 39.2 Å². The molecule has 4 rings (SSSR count). The molecule has 1 aliphatic rings. The quantitative estimate of drug-likeness (QED) is 0.658. The molecule has 3 aromatic rings. The van der Waals surface area contributed by atoms with Gasteiger partial charge in [0.25, 0.3) is 0 Å². The highest BCUT2D eigenvalue weighted by Crippen LogP contribution is 2.25. The summed E-state index contributed by atoms with van der Waals surface area (Å²) < 4.78 is 5.90. The second-order valence-corrected chi connectivity index (χ2v) is 7.23. The van der Waals surface area contributed by atoms with Gasteiger partial charge in [0.1, 0.15) is 12.4 Å². The van der Waals surface area contributed by atoms with Crippen molar-refractivity contribution in [3.05, 3.63) is 47.5 Å². The molecule has 26 heavy (non-hydrogen) atoms. The molecule has 1 atom stereocenters. The van der Waals surface area contributed by atoms with E-state index < -0.39 is 0 Å². The van der Waals surface area contributed by atoms with E-state index in [1.807, 2.05) is 27.8 Å². The van der Waals surface area contributed by atoms with Gasteiger partial charge in [-0.25, -0.2) is 0 Å². The maximum Gasteiger partial charge on any atom is 0.154 e. The molecule has 0 spiro atoms. The molecule has 0 saturated carbocycles. The average Bonchev–Trinajstić information content (AvgIpc) is 3.37. The van der Waals surface area contributed by atoms with E-state index >= 15 is 0 Å². The molecule has 4 heterocycles. The molecule has 0 bridgehead atoms. The lowest BCUT2D eigenvalue weighted by molar-refractivity contribution is 0.193. The van der Waals surface area contributed by atoms with Crippen LogP contribution in [0.1, 0.15) is 30.4 Å². The van der Waals surface area contributed by atoms with Crippen LogP contribution in [-0.4, -0.2) is 58.9 Å². The molecule has 0 radical (unpaired) electrons. The van der Waals surface area contributed by atoms with E-state index in [1.165, 1.54) is 6.42 Å². The molecular formula is C17H23ClN8. The zero-order valence-electron chi connectivity index (χ0n) is 14.9. The van der Waals surface area contributed by atoms with Crippen molar-refractivity contribution in [2.24, 2.45) is 7.05 Å². The van der Waals surface area contributed by atoms with E-state index in [2.05, 4.69) is 36.9 Å². The van der Waals surface area contributed by atoms with Gasteiger partial charge in [-0.2, -0.15) is 10.2 Å². The van der Waals surface area contributed by atoms with Gasteiger partial charge in [-0.1, -0.05) is 11.6 Å². The van der Waals surface area contributed by atoms with E-state index in [0.29, 0.717) is 17.5 Å². The van der Waals surface area contributed by atoms with Gasteiger partial charge in [-0.15, -0.1) is 10.2 Å². The molecule has 3 aromatic heterocycles. The van der Waals surface area contributed by atoms with E-state index in [1.54, 1.807) is 12.4 Å². The van der Waals surface area contributed by atoms with Crippen molar-refractivity contribution >= 4 is 11.6 Å². The first-order valence-electron chi connectivity index (χ1n) is 8.95. The standard InChI is InChI=1S/C17H23ClN8/c1-23-16(13-25-7-3-5-19-25)21-22-17(23)14-4-2-6-24(11-14)8-9-26-12-15(18)10-20-26/h3,5,7,10,12,14H,2,4,6,8-9,11,13H2,1H3/t14-/m1/s1. The lowest BCUT2D eigenvalue weighted by Crippen LogP contribution is -2.37. The first-order chi connectivity index (χ1) is 12.7. The highest BCUT2D eigenvalue weighted by Gasteiger charge is 2.25. The number of aromatic nitrogens is 7. The number of likely N-dealkylation sites (tertiary alicyclic amines) is 1. The summed E-state index contributed by atoms with van der Waals surface area (Å²) in [5, 5.41) is 18.1.